The lowest BCUT2D eigenvalue weighted by Crippen LogP contribution is -2.32. The number of carbonyl (C=O) groups excluding carboxylic acids is 1. The van der Waals surface area contributed by atoms with Gasteiger partial charge in [-0.15, -0.1) is 0 Å². The van der Waals surface area contributed by atoms with E-state index in [1.165, 1.54) is 6.07 Å². The van der Waals surface area contributed by atoms with E-state index in [0.717, 1.165) is 25.0 Å². The third kappa shape index (κ3) is 1.79. The van der Waals surface area contributed by atoms with Gasteiger partial charge in [0.25, 0.3) is 0 Å². The second kappa shape index (κ2) is 4.02. The van der Waals surface area contributed by atoms with Gasteiger partial charge in [-0.2, -0.15) is 0 Å². The first kappa shape index (κ1) is 11.6. The molecule has 0 spiro atoms. The monoisotopic (exact) mass is 252 g/mol. The molecule has 1 aromatic rings. The van der Waals surface area contributed by atoms with Crippen molar-refractivity contribution in [1.29, 1.82) is 0 Å². The first-order chi connectivity index (χ1) is 8.58. The van der Waals surface area contributed by atoms with Crippen LogP contribution in [0.2, 0.25) is 0 Å². The summed E-state index contributed by atoms with van der Waals surface area (Å²) in [7, 11) is 0. The fourth-order valence-corrected chi connectivity index (χ4v) is 2.42. The molecule has 96 valence electrons. The minimum absolute atomic E-state index is 0.0345. The molecular weight excluding hydrogens is 238 g/mol. The Labute approximate surface area is 104 Å². The highest BCUT2D eigenvalue weighted by atomic mass is 19.2. The number of benzene rings is 1. The van der Waals surface area contributed by atoms with Crippen molar-refractivity contribution < 1.29 is 13.6 Å². The maximum Gasteiger partial charge on any atom is 0.241 e. The second-order valence-corrected chi connectivity index (χ2v) is 4.94. The Morgan fingerprint density at radius 2 is 2.00 bits per heavy atom. The highest BCUT2D eigenvalue weighted by Gasteiger charge is 2.45. The average Bonchev–Trinajstić information content (AvgIpc) is 3.12. The van der Waals surface area contributed by atoms with Crippen molar-refractivity contribution in [2.45, 2.75) is 38.0 Å². The molecule has 2 unspecified atom stereocenters. The quantitative estimate of drug-likeness (QED) is 0.872. The molecule has 1 N–H and O–H groups in total. The molecule has 0 bridgehead atoms. The lowest BCUT2D eigenvalue weighted by molar-refractivity contribution is -0.130. The standard InChI is InChI=1S/C13H14F2N2O/c1-7-13(18)17(9-3-4-9)12(16-7)8-2-5-10(14)11(15)6-8/h2,5-7,9,12,16H,3-4H2,1H3. The van der Waals surface area contributed by atoms with E-state index in [1.54, 1.807) is 11.8 Å². The van der Waals surface area contributed by atoms with E-state index in [4.69, 9.17) is 0 Å². The molecule has 18 heavy (non-hydrogen) atoms. The zero-order valence-electron chi connectivity index (χ0n) is 9.99. The summed E-state index contributed by atoms with van der Waals surface area (Å²) in [6.07, 6.45) is 1.63. The summed E-state index contributed by atoms with van der Waals surface area (Å²) in [6, 6.07) is 3.76. The summed E-state index contributed by atoms with van der Waals surface area (Å²) < 4.78 is 26.2. The van der Waals surface area contributed by atoms with E-state index in [2.05, 4.69) is 5.32 Å². The predicted octanol–water partition coefficient (Wildman–Crippen LogP) is 1.95. The summed E-state index contributed by atoms with van der Waals surface area (Å²) in [5.74, 6) is -1.71. The van der Waals surface area contributed by atoms with Gasteiger partial charge in [-0.05, 0) is 37.5 Å². The van der Waals surface area contributed by atoms with Gasteiger partial charge in [0.1, 0.15) is 6.17 Å². The van der Waals surface area contributed by atoms with Crippen molar-refractivity contribution >= 4 is 5.91 Å². The lowest BCUT2D eigenvalue weighted by atomic mass is 10.1. The Balaban J connectivity index is 1.94. The second-order valence-electron chi connectivity index (χ2n) is 4.94. The van der Waals surface area contributed by atoms with E-state index in [9.17, 15) is 13.6 Å². The van der Waals surface area contributed by atoms with Gasteiger partial charge in [0.15, 0.2) is 11.6 Å². The van der Waals surface area contributed by atoms with Crippen LogP contribution in [0.25, 0.3) is 0 Å². The molecule has 2 aliphatic rings. The lowest BCUT2D eigenvalue weighted by Gasteiger charge is -2.24. The molecule has 3 rings (SSSR count). The Bertz CT molecular complexity index is 502. The maximum absolute atomic E-state index is 13.3. The predicted molar refractivity (Wildman–Crippen MR) is 61.6 cm³/mol. The Hall–Kier alpha value is -1.49. The Morgan fingerprint density at radius 3 is 2.61 bits per heavy atom. The topological polar surface area (TPSA) is 32.3 Å². The minimum Gasteiger partial charge on any atom is -0.319 e. The van der Waals surface area contributed by atoms with Crippen molar-refractivity contribution in [2.24, 2.45) is 0 Å². The molecule has 1 aliphatic carbocycles. The molecule has 5 heteroatoms. The average molecular weight is 252 g/mol. The van der Waals surface area contributed by atoms with Crippen molar-refractivity contribution in [3.8, 4) is 0 Å². The van der Waals surface area contributed by atoms with Crippen molar-refractivity contribution in [1.82, 2.24) is 10.2 Å². The van der Waals surface area contributed by atoms with Crippen LogP contribution in [0.5, 0.6) is 0 Å². The Morgan fingerprint density at radius 1 is 1.28 bits per heavy atom. The molecule has 2 fully saturated rings. The molecule has 1 saturated carbocycles. The molecule has 1 saturated heterocycles. The number of nitrogens with zero attached hydrogens (tertiary/aromatic N) is 1. The molecule has 0 radical (unpaired) electrons. The number of hydrogen-bond acceptors (Lipinski definition) is 2. The van der Waals surface area contributed by atoms with Gasteiger partial charge in [-0.1, -0.05) is 6.07 Å². The molecule has 2 atom stereocenters. The highest BCUT2D eigenvalue weighted by molar-refractivity contribution is 5.84. The van der Waals surface area contributed by atoms with Gasteiger partial charge in [0, 0.05) is 6.04 Å². The van der Waals surface area contributed by atoms with Crippen molar-refractivity contribution in [3.63, 3.8) is 0 Å². The highest BCUT2D eigenvalue weighted by Crippen LogP contribution is 2.37. The number of nitrogens with one attached hydrogen (secondary N) is 1. The van der Waals surface area contributed by atoms with Crippen molar-refractivity contribution in [2.75, 3.05) is 0 Å². The van der Waals surface area contributed by atoms with Crippen LogP contribution in [0.1, 0.15) is 31.5 Å². The fourth-order valence-electron chi connectivity index (χ4n) is 2.42. The van der Waals surface area contributed by atoms with Crippen LogP contribution in [-0.4, -0.2) is 22.9 Å². The number of amides is 1. The summed E-state index contributed by atoms with van der Waals surface area (Å²) in [5.41, 5.74) is 0.596. The zero-order valence-corrected chi connectivity index (χ0v) is 9.99. The SMILES string of the molecule is CC1NC(c2ccc(F)c(F)c2)N(C2CC2)C1=O. The largest absolute Gasteiger partial charge is 0.319 e. The van der Waals surface area contributed by atoms with Gasteiger partial charge in [0.05, 0.1) is 6.04 Å². The molecule has 0 aromatic heterocycles. The van der Waals surface area contributed by atoms with Crippen molar-refractivity contribution in [3.05, 3.63) is 35.4 Å². The number of rotatable bonds is 2. The van der Waals surface area contributed by atoms with Crippen LogP contribution in [0.4, 0.5) is 8.78 Å². The molecule has 1 aliphatic heterocycles. The fraction of sp³-hybridized carbons (Fsp3) is 0.462. The summed E-state index contributed by atoms with van der Waals surface area (Å²) >= 11 is 0. The van der Waals surface area contributed by atoms with Gasteiger partial charge in [0.2, 0.25) is 5.91 Å². The van der Waals surface area contributed by atoms with E-state index < -0.39 is 11.6 Å². The molecule has 1 amide bonds. The van der Waals surface area contributed by atoms with Crippen LogP contribution >= 0.6 is 0 Å². The molecule has 1 heterocycles. The van der Waals surface area contributed by atoms with E-state index >= 15 is 0 Å². The molecule has 3 nitrogen and oxygen atoms in total. The number of carbonyl (C=O) groups is 1. The maximum atomic E-state index is 13.3. The number of halogens is 2. The minimum atomic E-state index is -0.878. The van der Waals surface area contributed by atoms with E-state index in [1.807, 2.05) is 0 Å². The van der Waals surface area contributed by atoms with Crippen LogP contribution in [0.15, 0.2) is 18.2 Å². The van der Waals surface area contributed by atoms with Gasteiger partial charge >= 0.3 is 0 Å². The molecular formula is C13H14F2N2O. The first-order valence-corrected chi connectivity index (χ1v) is 6.11. The van der Waals surface area contributed by atoms with Crippen LogP contribution in [0.3, 0.4) is 0 Å². The van der Waals surface area contributed by atoms with Crippen LogP contribution in [-0.2, 0) is 4.79 Å². The first-order valence-electron chi connectivity index (χ1n) is 6.11. The van der Waals surface area contributed by atoms with E-state index in [0.29, 0.717) is 5.56 Å². The Kier molecular flexibility index (Phi) is 2.59. The van der Waals surface area contributed by atoms with E-state index in [-0.39, 0.29) is 24.2 Å². The van der Waals surface area contributed by atoms with Crippen LogP contribution in [0, 0.1) is 11.6 Å². The third-order valence-corrected chi connectivity index (χ3v) is 3.51. The third-order valence-electron chi connectivity index (χ3n) is 3.51. The summed E-state index contributed by atoms with van der Waals surface area (Å²) in [6.45, 7) is 1.79. The summed E-state index contributed by atoms with van der Waals surface area (Å²) in [4.78, 5) is 13.8. The smallest absolute Gasteiger partial charge is 0.241 e. The zero-order chi connectivity index (χ0) is 12.9. The van der Waals surface area contributed by atoms with Gasteiger partial charge < -0.3 is 4.90 Å². The van der Waals surface area contributed by atoms with Crippen LogP contribution < -0.4 is 5.32 Å². The molecule has 1 aromatic carbocycles. The number of hydrogen-bond donors (Lipinski definition) is 1. The normalized spacial score (nSPS) is 27.9. The van der Waals surface area contributed by atoms with Gasteiger partial charge in [-0.25, -0.2) is 8.78 Å². The summed E-state index contributed by atoms with van der Waals surface area (Å²) in [5, 5.41) is 3.13. The van der Waals surface area contributed by atoms with Gasteiger partial charge in [-0.3, -0.25) is 10.1 Å².